The van der Waals surface area contributed by atoms with Crippen molar-refractivity contribution in [2.75, 3.05) is 18.9 Å². The van der Waals surface area contributed by atoms with E-state index in [9.17, 15) is 0 Å². The van der Waals surface area contributed by atoms with E-state index in [0.29, 0.717) is 5.41 Å². The molecule has 0 radical (unpaired) electrons. The minimum Gasteiger partial charge on any atom is -0.303 e. The predicted molar refractivity (Wildman–Crippen MR) is 60.3 cm³/mol. The Labute approximate surface area is 90.0 Å². The molecule has 0 unspecified atom stereocenters. The molecule has 0 N–H and O–H groups in total. The van der Waals surface area contributed by atoms with Gasteiger partial charge in [-0.25, -0.2) is 0 Å². The molecular formula is C11H20BrN. The van der Waals surface area contributed by atoms with Crippen LogP contribution in [-0.4, -0.2) is 29.9 Å². The first-order valence-electron chi connectivity index (χ1n) is 5.52. The summed E-state index contributed by atoms with van der Waals surface area (Å²) in [5, 5.41) is 1.21. The lowest BCUT2D eigenvalue weighted by Gasteiger charge is -2.27. The SMILES string of the molecule is CN(CC1(CBr)CC1)C1CCCC1. The molecule has 0 aromatic heterocycles. The maximum Gasteiger partial charge on any atom is 0.0100 e. The van der Waals surface area contributed by atoms with Crippen LogP contribution in [0.25, 0.3) is 0 Å². The summed E-state index contributed by atoms with van der Waals surface area (Å²) < 4.78 is 0. The van der Waals surface area contributed by atoms with E-state index in [2.05, 4.69) is 27.9 Å². The van der Waals surface area contributed by atoms with E-state index in [-0.39, 0.29) is 0 Å². The molecule has 2 aliphatic carbocycles. The summed E-state index contributed by atoms with van der Waals surface area (Å²) in [5.41, 5.74) is 0.664. The summed E-state index contributed by atoms with van der Waals surface area (Å²) in [4.78, 5) is 2.61. The van der Waals surface area contributed by atoms with Crippen LogP contribution in [0.3, 0.4) is 0 Å². The number of halogens is 1. The van der Waals surface area contributed by atoms with Crippen molar-refractivity contribution in [2.24, 2.45) is 5.41 Å². The normalized spacial score (nSPS) is 27.0. The summed E-state index contributed by atoms with van der Waals surface area (Å²) in [7, 11) is 2.32. The lowest BCUT2D eigenvalue weighted by Crippen LogP contribution is -2.35. The van der Waals surface area contributed by atoms with Gasteiger partial charge in [0.2, 0.25) is 0 Å². The number of alkyl halides is 1. The van der Waals surface area contributed by atoms with Crippen LogP contribution >= 0.6 is 15.9 Å². The van der Waals surface area contributed by atoms with Crippen LogP contribution in [0.4, 0.5) is 0 Å². The predicted octanol–water partition coefficient (Wildman–Crippen LogP) is 3.04. The minimum atomic E-state index is 0.664. The molecule has 1 nitrogen and oxygen atoms in total. The Balaban J connectivity index is 1.80. The quantitative estimate of drug-likeness (QED) is 0.689. The molecule has 76 valence electrons. The van der Waals surface area contributed by atoms with Crippen molar-refractivity contribution >= 4 is 15.9 Å². The highest BCUT2D eigenvalue weighted by atomic mass is 79.9. The van der Waals surface area contributed by atoms with Gasteiger partial charge in [-0.1, -0.05) is 28.8 Å². The van der Waals surface area contributed by atoms with Crippen LogP contribution in [0.1, 0.15) is 38.5 Å². The zero-order valence-electron chi connectivity index (χ0n) is 8.56. The van der Waals surface area contributed by atoms with Gasteiger partial charge in [0.15, 0.2) is 0 Å². The number of hydrogen-bond acceptors (Lipinski definition) is 1. The Morgan fingerprint density at radius 2 is 1.92 bits per heavy atom. The third-order valence-electron chi connectivity index (χ3n) is 3.77. The molecule has 2 heteroatoms. The largest absolute Gasteiger partial charge is 0.303 e. The van der Waals surface area contributed by atoms with Crippen molar-refractivity contribution in [3.05, 3.63) is 0 Å². The second-order valence-corrected chi connectivity index (χ2v) is 5.55. The van der Waals surface area contributed by atoms with E-state index in [0.717, 1.165) is 6.04 Å². The molecule has 0 aromatic carbocycles. The average Bonchev–Trinajstić information content (AvgIpc) is 2.69. The van der Waals surface area contributed by atoms with Gasteiger partial charge < -0.3 is 4.90 Å². The molecule has 13 heavy (non-hydrogen) atoms. The molecule has 0 amide bonds. The highest BCUT2D eigenvalue weighted by molar-refractivity contribution is 9.09. The van der Waals surface area contributed by atoms with Crippen LogP contribution in [0.15, 0.2) is 0 Å². The van der Waals surface area contributed by atoms with Crippen LogP contribution in [0, 0.1) is 5.41 Å². The van der Waals surface area contributed by atoms with Crippen molar-refractivity contribution < 1.29 is 0 Å². The third kappa shape index (κ3) is 2.27. The van der Waals surface area contributed by atoms with Gasteiger partial charge in [0, 0.05) is 17.9 Å². The van der Waals surface area contributed by atoms with E-state index in [1.54, 1.807) is 0 Å². The van der Waals surface area contributed by atoms with Crippen LogP contribution in [-0.2, 0) is 0 Å². The van der Waals surface area contributed by atoms with Gasteiger partial charge in [0.25, 0.3) is 0 Å². The fourth-order valence-electron chi connectivity index (χ4n) is 2.51. The zero-order valence-corrected chi connectivity index (χ0v) is 10.1. The Kier molecular flexibility index (Phi) is 2.99. The first kappa shape index (κ1) is 9.97. The van der Waals surface area contributed by atoms with Crippen molar-refractivity contribution in [3.8, 4) is 0 Å². The lowest BCUT2D eigenvalue weighted by molar-refractivity contribution is 0.208. The molecule has 0 aromatic rings. The fraction of sp³-hybridized carbons (Fsp3) is 1.00. The van der Waals surface area contributed by atoms with E-state index in [1.807, 2.05) is 0 Å². The molecule has 0 atom stereocenters. The molecule has 2 fully saturated rings. The summed E-state index contributed by atoms with van der Waals surface area (Å²) in [6, 6.07) is 0.900. The highest BCUT2D eigenvalue weighted by Crippen LogP contribution is 2.48. The Morgan fingerprint density at radius 1 is 1.31 bits per heavy atom. The van der Waals surface area contributed by atoms with Gasteiger partial charge in [-0.3, -0.25) is 0 Å². The monoisotopic (exact) mass is 245 g/mol. The molecule has 0 heterocycles. The lowest BCUT2D eigenvalue weighted by atomic mass is 10.1. The number of rotatable bonds is 4. The molecule has 2 rings (SSSR count). The summed E-state index contributed by atoms with van der Waals surface area (Å²) in [6.07, 6.45) is 8.67. The molecule has 2 saturated carbocycles. The van der Waals surface area contributed by atoms with Gasteiger partial charge in [-0.15, -0.1) is 0 Å². The molecule has 0 aliphatic heterocycles. The number of hydrogen-bond donors (Lipinski definition) is 0. The van der Waals surface area contributed by atoms with Crippen LogP contribution < -0.4 is 0 Å². The van der Waals surface area contributed by atoms with Gasteiger partial charge >= 0.3 is 0 Å². The van der Waals surface area contributed by atoms with Crippen LogP contribution in [0.5, 0.6) is 0 Å². The van der Waals surface area contributed by atoms with Crippen molar-refractivity contribution in [3.63, 3.8) is 0 Å². The highest BCUT2D eigenvalue weighted by Gasteiger charge is 2.43. The first-order chi connectivity index (χ1) is 6.26. The molecular weight excluding hydrogens is 226 g/mol. The molecule has 0 saturated heterocycles. The van der Waals surface area contributed by atoms with Crippen molar-refractivity contribution in [1.29, 1.82) is 0 Å². The molecule has 0 bridgehead atoms. The van der Waals surface area contributed by atoms with Gasteiger partial charge in [-0.05, 0) is 38.1 Å². The topological polar surface area (TPSA) is 3.24 Å². The summed E-state index contributed by atoms with van der Waals surface area (Å²) in [6.45, 7) is 1.32. The maximum atomic E-state index is 3.64. The van der Waals surface area contributed by atoms with Crippen molar-refractivity contribution in [2.45, 2.75) is 44.6 Å². The molecule has 0 spiro atoms. The van der Waals surface area contributed by atoms with Gasteiger partial charge in [0.05, 0.1) is 0 Å². The van der Waals surface area contributed by atoms with E-state index in [1.165, 1.54) is 50.4 Å². The Morgan fingerprint density at radius 3 is 2.38 bits per heavy atom. The summed E-state index contributed by atoms with van der Waals surface area (Å²) >= 11 is 3.64. The fourth-order valence-corrected chi connectivity index (χ4v) is 3.25. The smallest absolute Gasteiger partial charge is 0.0100 e. The average molecular weight is 246 g/mol. The minimum absolute atomic E-state index is 0.664. The van der Waals surface area contributed by atoms with Crippen molar-refractivity contribution in [1.82, 2.24) is 4.90 Å². The summed E-state index contributed by atoms with van der Waals surface area (Å²) in [5.74, 6) is 0. The standard InChI is InChI=1S/C11H20BrN/c1-13(10-4-2-3-5-10)9-11(8-12)6-7-11/h10H,2-9H2,1H3. The molecule has 2 aliphatic rings. The second kappa shape index (κ2) is 3.90. The maximum absolute atomic E-state index is 3.64. The van der Waals surface area contributed by atoms with Crippen LogP contribution in [0.2, 0.25) is 0 Å². The van der Waals surface area contributed by atoms with E-state index >= 15 is 0 Å². The Bertz CT molecular complexity index is 171. The Hall–Kier alpha value is 0.440. The third-order valence-corrected chi connectivity index (χ3v) is 4.96. The number of nitrogens with zero attached hydrogens (tertiary/aromatic N) is 1. The van der Waals surface area contributed by atoms with Gasteiger partial charge in [0.1, 0.15) is 0 Å². The first-order valence-corrected chi connectivity index (χ1v) is 6.64. The van der Waals surface area contributed by atoms with Gasteiger partial charge in [-0.2, -0.15) is 0 Å². The second-order valence-electron chi connectivity index (χ2n) is 4.99. The van der Waals surface area contributed by atoms with E-state index < -0.39 is 0 Å². The zero-order chi connectivity index (χ0) is 9.31. The van der Waals surface area contributed by atoms with E-state index in [4.69, 9.17) is 0 Å².